The molecule has 0 radical (unpaired) electrons. The number of hydrogen-bond acceptors (Lipinski definition) is 3. The number of phenols is 1. The topological polar surface area (TPSA) is 101 Å². The Morgan fingerprint density at radius 1 is 1.27 bits per heavy atom. The van der Waals surface area contributed by atoms with E-state index >= 15 is 0 Å². The van der Waals surface area contributed by atoms with Crippen LogP contribution < -0.4 is 4.57 Å². The van der Waals surface area contributed by atoms with Gasteiger partial charge in [0.15, 0.2) is 11.0 Å². The van der Waals surface area contributed by atoms with E-state index in [1.807, 2.05) is 35.9 Å². The molecule has 128 valence electrons. The number of aromatic nitrogens is 2. The molecule has 0 aliphatic carbocycles. The number of fused-ring (bicyclic) bond motifs is 1. The van der Waals surface area contributed by atoms with Gasteiger partial charge in [0, 0.05) is 0 Å². The second-order valence-electron chi connectivity index (χ2n) is 5.68. The number of nitriles is 1. The Labute approximate surface area is 149 Å². The second kappa shape index (κ2) is 6.95. The first-order chi connectivity index (χ1) is 12.5. The van der Waals surface area contributed by atoms with Gasteiger partial charge in [-0.1, -0.05) is 30.4 Å². The quantitative estimate of drug-likeness (QED) is 0.384. The Kier molecular flexibility index (Phi) is 4.54. The number of allylic oxidation sites excluding steroid dienone is 3. The number of aromatic carboxylic acids is 1. The second-order valence-corrected chi connectivity index (χ2v) is 5.68. The lowest BCUT2D eigenvalue weighted by Crippen LogP contribution is -2.31. The van der Waals surface area contributed by atoms with Crippen molar-refractivity contribution in [2.75, 3.05) is 0 Å². The molecule has 3 rings (SSSR count). The number of para-hydroxylation sites is 2. The zero-order valence-electron chi connectivity index (χ0n) is 14.0. The first-order valence-corrected chi connectivity index (χ1v) is 7.83. The van der Waals surface area contributed by atoms with E-state index in [1.54, 1.807) is 24.3 Å². The van der Waals surface area contributed by atoms with E-state index < -0.39 is 5.97 Å². The molecule has 0 aliphatic rings. The molecule has 2 aromatic carbocycles. The smallest absolute Gasteiger partial charge is 0.339 e. The van der Waals surface area contributed by atoms with Crippen molar-refractivity contribution in [2.24, 2.45) is 7.05 Å². The monoisotopic (exact) mass is 346 g/mol. The average Bonchev–Trinajstić information content (AvgIpc) is 2.97. The van der Waals surface area contributed by atoms with Crippen LogP contribution in [0.4, 0.5) is 0 Å². The number of imidazole rings is 1. The molecule has 0 saturated carbocycles. The molecule has 26 heavy (non-hydrogen) atoms. The normalized spacial score (nSPS) is 11.8. The van der Waals surface area contributed by atoms with Crippen LogP contribution in [0.5, 0.6) is 5.75 Å². The summed E-state index contributed by atoms with van der Waals surface area (Å²) in [7, 11) is 1.88. The van der Waals surface area contributed by atoms with Gasteiger partial charge in [0.05, 0.1) is 7.05 Å². The van der Waals surface area contributed by atoms with E-state index in [-0.39, 0.29) is 11.3 Å². The Bertz CT molecular complexity index is 1100. The van der Waals surface area contributed by atoms with E-state index in [2.05, 4.69) is 11.1 Å². The summed E-state index contributed by atoms with van der Waals surface area (Å²) in [6, 6.07) is 14.2. The maximum atomic E-state index is 11.1. The van der Waals surface area contributed by atoms with Gasteiger partial charge < -0.3 is 10.2 Å². The van der Waals surface area contributed by atoms with Gasteiger partial charge in [-0.05, 0) is 35.9 Å². The molecule has 1 aromatic heterocycles. The highest BCUT2D eigenvalue weighted by molar-refractivity contribution is 5.91. The molecule has 0 aliphatic heterocycles. The fourth-order valence-electron chi connectivity index (χ4n) is 2.70. The van der Waals surface area contributed by atoms with Crippen LogP contribution in [0, 0.1) is 11.3 Å². The van der Waals surface area contributed by atoms with Crippen molar-refractivity contribution >= 4 is 28.7 Å². The van der Waals surface area contributed by atoms with Crippen LogP contribution >= 0.6 is 0 Å². The fraction of sp³-hybridized carbons (Fsp3) is 0.0500. The van der Waals surface area contributed by atoms with Crippen LogP contribution in [0.2, 0.25) is 0 Å². The summed E-state index contributed by atoms with van der Waals surface area (Å²) in [5.74, 6) is -0.806. The molecule has 0 saturated heterocycles. The molecule has 1 heterocycles. The Balaban J connectivity index is 1.94. The molecular formula is C20H16N3O3+. The Morgan fingerprint density at radius 2 is 2.04 bits per heavy atom. The number of aromatic amines is 1. The van der Waals surface area contributed by atoms with Gasteiger partial charge in [0.2, 0.25) is 0 Å². The highest BCUT2D eigenvalue weighted by Gasteiger charge is 2.18. The van der Waals surface area contributed by atoms with Gasteiger partial charge in [0.25, 0.3) is 5.82 Å². The summed E-state index contributed by atoms with van der Waals surface area (Å²) in [5.41, 5.74) is 2.79. The number of hydrogen-bond donors (Lipinski definition) is 3. The zero-order valence-corrected chi connectivity index (χ0v) is 14.0. The van der Waals surface area contributed by atoms with E-state index in [9.17, 15) is 15.2 Å². The van der Waals surface area contributed by atoms with Gasteiger partial charge in [-0.2, -0.15) is 5.26 Å². The summed E-state index contributed by atoms with van der Waals surface area (Å²) < 4.78 is 1.90. The van der Waals surface area contributed by atoms with Crippen LogP contribution in [0.15, 0.2) is 54.6 Å². The molecule has 3 N–H and O–H groups in total. The summed E-state index contributed by atoms with van der Waals surface area (Å²) in [4.78, 5) is 14.3. The maximum absolute atomic E-state index is 11.1. The highest BCUT2D eigenvalue weighted by Crippen LogP contribution is 2.20. The van der Waals surface area contributed by atoms with Crippen LogP contribution in [-0.2, 0) is 7.05 Å². The lowest BCUT2D eigenvalue weighted by Gasteiger charge is -2.00. The number of H-pyrrole nitrogens is 1. The predicted octanol–water partition coefficient (Wildman–Crippen LogP) is 3.02. The molecule has 6 nitrogen and oxygen atoms in total. The van der Waals surface area contributed by atoms with Crippen molar-refractivity contribution in [2.45, 2.75) is 0 Å². The zero-order chi connectivity index (χ0) is 18.7. The number of carboxylic acids is 1. The molecule has 6 heteroatoms. The highest BCUT2D eigenvalue weighted by atomic mass is 16.4. The van der Waals surface area contributed by atoms with Crippen molar-refractivity contribution in [3.8, 4) is 11.8 Å². The minimum absolute atomic E-state index is 0.168. The minimum Gasteiger partial charge on any atom is -0.507 e. The van der Waals surface area contributed by atoms with Gasteiger partial charge in [0.1, 0.15) is 23.0 Å². The van der Waals surface area contributed by atoms with Gasteiger partial charge in [-0.25, -0.2) is 14.3 Å². The third-order valence-electron chi connectivity index (χ3n) is 4.03. The van der Waals surface area contributed by atoms with Gasteiger partial charge in [-0.3, -0.25) is 0 Å². The standard InChI is InChI=1S/C20H15N3O3/c1-23-17-8-3-2-7-16(17)22-19(23)14(12-21)6-4-5-13-9-10-18(24)15(11-13)20(25)26/h2-11H,1H3,(H2,22,24,25,26)/p+1. The van der Waals surface area contributed by atoms with E-state index in [0.717, 1.165) is 11.0 Å². The van der Waals surface area contributed by atoms with Crippen molar-refractivity contribution in [1.29, 1.82) is 5.26 Å². The maximum Gasteiger partial charge on any atom is 0.339 e. The Morgan fingerprint density at radius 3 is 2.73 bits per heavy atom. The van der Waals surface area contributed by atoms with Crippen molar-refractivity contribution in [3.63, 3.8) is 0 Å². The van der Waals surface area contributed by atoms with Crippen LogP contribution in [0.25, 0.3) is 22.7 Å². The number of carbonyl (C=O) groups is 1. The van der Waals surface area contributed by atoms with Crippen molar-refractivity contribution in [3.05, 3.63) is 71.6 Å². The average molecular weight is 346 g/mol. The summed E-state index contributed by atoms with van der Waals surface area (Å²) in [6.07, 6.45) is 4.99. The number of rotatable bonds is 4. The van der Waals surface area contributed by atoms with E-state index in [4.69, 9.17) is 5.11 Å². The van der Waals surface area contributed by atoms with Crippen LogP contribution in [-0.4, -0.2) is 21.2 Å². The summed E-state index contributed by atoms with van der Waals surface area (Å²) in [6.45, 7) is 0. The molecule has 0 amide bonds. The number of carboxylic acid groups (broad SMARTS) is 1. The lowest BCUT2D eigenvalue weighted by molar-refractivity contribution is -0.647. The predicted molar refractivity (Wildman–Crippen MR) is 97.2 cm³/mol. The van der Waals surface area contributed by atoms with E-state index in [1.165, 1.54) is 12.1 Å². The van der Waals surface area contributed by atoms with Crippen molar-refractivity contribution in [1.82, 2.24) is 4.98 Å². The van der Waals surface area contributed by atoms with Gasteiger partial charge >= 0.3 is 5.97 Å². The first kappa shape index (κ1) is 17.0. The number of aryl methyl sites for hydroxylation is 1. The molecule has 3 aromatic rings. The molecule has 0 spiro atoms. The van der Waals surface area contributed by atoms with Crippen LogP contribution in [0.3, 0.4) is 0 Å². The van der Waals surface area contributed by atoms with Crippen molar-refractivity contribution < 1.29 is 19.6 Å². The minimum atomic E-state index is -1.20. The largest absolute Gasteiger partial charge is 0.507 e. The summed E-state index contributed by atoms with van der Waals surface area (Å²) in [5, 5.41) is 28.1. The molecule has 0 atom stereocenters. The Hall–Kier alpha value is -3.85. The van der Waals surface area contributed by atoms with Crippen LogP contribution in [0.1, 0.15) is 21.7 Å². The lowest BCUT2D eigenvalue weighted by atomic mass is 10.1. The molecule has 0 bridgehead atoms. The number of aromatic hydroxyl groups is 1. The number of nitrogens with one attached hydrogen (secondary N) is 1. The molecule has 0 unspecified atom stereocenters. The first-order valence-electron chi connectivity index (χ1n) is 7.83. The number of benzene rings is 2. The summed E-state index contributed by atoms with van der Waals surface area (Å²) >= 11 is 0. The van der Waals surface area contributed by atoms with Gasteiger partial charge in [-0.15, -0.1) is 0 Å². The van der Waals surface area contributed by atoms with E-state index in [0.29, 0.717) is 17.0 Å². The fourth-order valence-corrected chi connectivity index (χ4v) is 2.70. The third kappa shape index (κ3) is 3.19. The molecule has 0 fully saturated rings. The molecular weight excluding hydrogens is 330 g/mol. The number of nitrogens with zero attached hydrogens (tertiary/aromatic N) is 2. The SMILES string of the molecule is C[n+]1c(/C(C#N)=C/C=C/c2ccc(O)c(C(=O)O)c2)[nH]c2ccccc21. The third-order valence-corrected chi connectivity index (χ3v) is 4.03.